The number of aromatic amines is 1. The molecule has 1 atom stereocenters. The Kier molecular flexibility index (Phi) is 5.30. The number of carbonyl (C=O) groups excluding carboxylic acids is 1. The summed E-state index contributed by atoms with van der Waals surface area (Å²) in [6.45, 7) is 8.16. The number of halogens is 1. The Hall–Kier alpha value is -1.33. The van der Waals surface area contributed by atoms with Crippen molar-refractivity contribution in [2.75, 3.05) is 26.2 Å². The third kappa shape index (κ3) is 4.01. The van der Waals surface area contributed by atoms with E-state index in [9.17, 15) is 9.59 Å². The van der Waals surface area contributed by atoms with E-state index in [1.54, 1.807) is 0 Å². The van der Waals surface area contributed by atoms with Gasteiger partial charge < -0.3 is 9.88 Å². The van der Waals surface area contributed by atoms with E-state index < -0.39 is 0 Å². The van der Waals surface area contributed by atoms with Crippen LogP contribution in [0.1, 0.15) is 43.5 Å². The van der Waals surface area contributed by atoms with Crippen molar-refractivity contribution in [3.8, 4) is 0 Å². The Morgan fingerprint density at radius 3 is 2.75 bits per heavy atom. The zero-order valence-corrected chi connectivity index (χ0v) is 15.2. The Labute approximate surface area is 148 Å². The first kappa shape index (κ1) is 17.5. The highest BCUT2D eigenvalue weighted by Gasteiger charge is 2.33. The summed E-state index contributed by atoms with van der Waals surface area (Å²) in [7, 11) is 0. The lowest BCUT2D eigenvalue weighted by atomic mass is 10.0. The van der Waals surface area contributed by atoms with E-state index in [4.69, 9.17) is 11.6 Å². The number of amides is 1. The molecule has 5 nitrogen and oxygen atoms in total. The number of nitrogens with one attached hydrogen (secondary N) is 1. The van der Waals surface area contributed by atoms with Gasteiger partial charge in [0, 0.05) is 38.4 Å². The Balaban J connectivity index is 1.75. The molecule has 1 aliphatic heterocycles. The Bertz CT molecular complexity index is 654. The van der Waals surface area contributed by atoms with Gasteiger partial charge in [-0.15, -0.1) is 0 Å². The minimum absolute atomic E-state index is 0.0490. The van der Waals surface area contributed by atoms with Gasteiger partial charge in [0.2, 0.25) is 0 Å². The first-order valence-corrected chi connectivity index (χ1v) is 9.25. The van der Waals surface area contributed by atoms with Crippen molar-refractivity contribution in [1.82, 2.24) is 14.8 Å². The first-order chi connectivity index (χ1) is 11.5. The average Bonchev–Trinajstić information content (AvgIpc) is 3.36. The largest absolute Gasteiger partial charge is 0.337 e. The van der Waals surface area contributed by atoms with Gasteiger partial charge in [0.25, 0.3) is 11.5 Å². The van der Waals surface area contributed by atoms with Gasteiger partial charge in [-0.25, -0.2) is 0 Å². The molecule has 3 rings (SSSR count). The zero-order valence-electron chi connectivity index (χ0n) is 14.4. The number of rotatable bonds is 4. The number of aromatic nitrogens is 1. The minimum atomic E-state index is -0.361. The van der Waals surface area contributed by atoms with Crippen LogP contribution in [-0.4, -0.2) is 52.9 Å². The third-order valence-corrected chi connectivity index (χ3v) is 5.38. The van der Waals surface area contributed by atoms with Crippen LogP contribution in [0, 0.1) is 11.8 Å². The normalized spacial score (nSPS) is 22.7. The Morgan fingerprint density at radius 1 is 1.38 bits per heavy atom. The fourth-order valence-corrected chi connectivity index (χ4v) is 3.67. The van der Waals surface area contributed by atoms with Crippen LogP contribution in [0.2, 0.25) is 5.02 Å². The smallest absolute Gasteiger partial charge is 0.266 e. The van der Waals surface area contributed by atoms with Crippen LogP contribution >= 0.6 is 11.6 Å². The van der Waals surface area contributed by atoms with Crippen LogP contribution < -0.4 is 5.56 Å². The molecular formula is C18H26ClN3O2. The van der Waals surface area contributed by atoms with E-state index in [0.717, 1.165) is 38.5 Å². The van der Waals surface area contributed by atoms with E-state index in [2.05, 4.69) is 23.7 Å². The summed E-state index contributed by atoms with van der Waals surface area (Å²) in [4.78, 5) is 31.3. The first-order valence-electron chi connectivity index (χ1n) is 8.87. The van der Waals surface area contributed by atoms with Crippen molar-refractivity contribution in [1.29, 1.82) is 0 Å². The molecule has 1 N–H and O–H groups in total. The quantitative estimate of drug-likeness (QED) is 0.907. The van der Waals surface area contributed by atoms with Crippen molar-refractivity contribution in [3.63, 3.8) is 0 Å². The highest BCUT2D eigenvalue weighted by Crippen LogP contribution is 2.32. The summed E-state index contributed by atoms with van der Waals surface area (Å²) >= 11 is 5.87. The van der Waals surface area contributed by atoms with Crippen molar-refractivity contribution in [2.45, 2.75) is 39.2 Å². The molecule has 2 fully saturated rings. The molecule has 0 spiro atoms. The minimum Gasteiger partial charge on any atom is -0.337 e. The number of nitrogens with zero attached hydrogens (tertiary/aromatic N) is 2. The lowest BCUT2D eigenvalue weighted by molar-refractivity contribution is 0.0704. The topological polar surface area (TPSA) is 56.4 Å². The Morgan fingerprint density at radius 2 is 2.12 bits per heavy atom. The predicted octanol–water partition coefficient (Wildman–Crippen LogP) is 2.61. The standard InChI is InChI=1S/C18H26ClN3O2/c1-12(2)16-11-22(7-3-6-21(16)10-13-4-5-13)18(24)14-8-15(19)17(23)20-9-14/h8-9,12-13,16H,3-7,10-11H2,1-2H3,(H,20,23). The highest BCUT2D eigenvalue weighted by atomic mass is 35.5. The lowest BCUT2D eigenvalue weighted by Crippen LogP contribution is -2.46. The molecule has 24 heavy (non-hydrogen) atoms. The van der Waals surface area contributed by atoms with Crippen LogP contribution in [0.15, 0.2) is 17.1 Å². The van der Waals surface area contributed by atoms with Crippen molar-refractivity contribution < 1.29 is 4.79 Å². The fourth-order valence-electron chi connectivity index (χ4n) is 3.50. The predicted molar refractivity (Wildman–Crippen MR) is 95.5 cm³/mol. The van der Waals surface area contributed by atoms with Gasteiger partial charge >= 0.3 is 0 Å². The maximum absolute atomic E-state index is 12.9. The maximum atomic E-state index is 12.9. The van der Waals surface area contributed by atoms with Crippen LogP contribution in [-0.2, 0) is 0 Å². The molecule has 0 aromatic carbocycles. The van der Waals surface area contributed by atoms with E-state index in [-0.39, 0.29) is 16.5 Å². The van der Waals surface area contributed by atoms with Crippen molar-refractivity contribution in [2.24, 2.45) is 11.8 Å². The summed E-state index contributed by atoms with van der Waals surface area (Å²) in [6, 6.07) is 1.86. The summed E-state index contributed by atoms with van der Waals surface area (Å²) in [6.07, 6.45) is 5.15. The number of pyridine rings is 1. The van der Waals surface area contributed by atoms with Gasteiger partial charge in [-0.3, -0.25) is 14.5 Å². The second-order valence-corrected chi connectivity index (χ2v) is 7.83. The second kappa shape index (κ2) is 7.28. The maximum Gasteiger partial charge on any atom is 0.266 e. The molecule has 0 radical (unpaired) electrons. The average molecular weight is 352 g/mol. The second-order valence-electron chi connectivity index (χ2n) is 7.42. The molecule has 1 aromatic rings. The number of hydrogen-bond acceptors (Lipinski definition) is 3. The fraction of sp³-hybridized carbons (Fsp3) is 0.667. The summed E-state index contributed by atoms with van der Waals surface area (Å²) < 4.78 is 0. The number of H-pyrrole nitrogens is 1. The molecule has 1 aliphatic carbocycles. The molecule has 1 aromatic heterocycles. The molecule has 132 valence electrons. The van der Waals surface area contributed by atoms with Crippen LogP contribution in [0.3, 0.4) is 0 Å². The molecule has 1 unspecified atom stereocenters. The SMILES string of the molecule is CC(C)C1CN(C(=O)c2c[nH]c(=O)c(Cl)c2)CCCN1CC1CC1. The molecule has 6 heteroatoms. The number of hydrogen-bond donors (Lipinski definition) is 1. The number of carbonyl (C=O) groups is 1. The molecule has 0 bridgehead atoms. The van der Waals surface area contributed by atoms with Gasteiger partial charge in [-0.05, 0) is 37.2 Å². The lowest BCUT2D eigenvalue weighted by Gasteiger charge is -2.34. The van der Waals surface area contributed by atoms with Gasteiger partial charge in [0.1, 0.15) is 5.02 Å². The molecular weight excluding hydrogens is 326 g/mol. The van der Waals surface area contributed by atoms with E-state index >= 15 is 0 Å². The molecule has 2 heterocycles. The summed E-state index contributed by atoms with van der Waals surface area (Å²) in [5.74, 6) is 1.30. The van der Waals surface area contributed by atoms with Crippen LogP contribution in [0.25, 0.3) is 0 Å². The van der Waals surface area contributed by atoms with Gasteiger partial charge in [0.05, 0.1) is 5.56 Å². The van der Waals surface area contributed by atoms with Crippen LogP contribution in [0.4, 0.5) is 0 Å². The third-order valence-electron chi connectivity index (χ3n) is 5.10. The highest BCUT2D eigenvalue weighted by molar-refractivity contribution is 6.30. The molecule has 2 aliphatic rings. The van der Waals surface area contributed by atoms with E-state index in [1.807, 2.05) is 4.90 Å². The zero-order chi connectivity index (χ0) is 17.3. The molecule has 1 saturated heterocycles. The van der Waals surface area contributed by atoms with Gasteiger partial charge in [-0.2, -0.15) is 0 Å². The van der Waals surface area contributed by atoms with Crippen molar-refractivity contribution >= 4 is 17.5 Å². The van der Waals surface area contributed by atoms with Crippen molar-refractivity contribution in [3.05, 3.63) is 33.2 Å². The molecule has 1 saturated carbocycles. The monoisotopic (exact) mass is 351 g/mol. The molecule has 1 amide bonds. The summed E-state index contributed by atoms with van der Waals surface area (Å²) in [5.41, 5.74) is 0.0949. The van der Waals surface area contributed by atoms with E-state index in [0.29, 0.717) is 17.5 Å². The van der Waals surface area contributed by atoms with E-state index in [1.165, 1.54) is 25.1 Å². The summed E-state index contributed by atoms with van der Waals surface area (Å²) in [5, 5.41) is 0.0615. The van der Waals surface area contributed by atoms with Gasteiger partial charge in [-0.1, -0.05) is 25.4 Å². The van der Waals surface area contributed by atoms with Crippen LogP contribution in [0.5, 0.6) is 0 Å². The van der Waals surface area contributed by atoms with Gasteiger partial charge in [0.15, 0.2) is 0 Å².